The first kappa shape index (κ1) is 8.19. The van der Waals surface area contributed by atoms with E-state index in [-0.39, 0.29) is 0 Å². The van der Waals surface area contributed by atoms with Crippen molar-refractivity contribution in [3.05, 3.63) is 12.7 Å². The predicted molar refractivity (Wildman–Crippen MR) is 49.5 cm³/mol. The van der Waals surface area contributed by atoms with Gasteiger partial charge in [0.25, 0.3) is 0 Å². The lowest BCUT2D eigenvalue weighted by atomic mass is 10.1. The third-order valence-electron chi connectivity index (χ3n) is 1.97. The topological polar surface area (TPSA) is 0 Å². The molecule has 0 amide bonds. The van der Waals surface area contributed by atoms with Crippen LogP contribution >= 0.6 is 11.8 Å². The van der Waals surface area contributed by atoms with Crippen LogP contribution < -0.4 is 0 Å². The van der Waals surface area contributed by atoms with Gasteiger partial charge in [-0.1, -0.05) is 12.5 Å². The van der Waals surface area contributed by atoms with Crippen LogP contribution in [0.4, 0.5) is 0 Å². The van der Waals surface area contributed by atoms with Crippen molar-refractivity contribution < 1.29 is 0 Å². The van der Waals surface area contributed by atoms with Crippen LogP contribution in [0.5, 0.6) is 0 Å². The summed E-state index contributed by atoms with van der Waals surface area (Å²) in [7, 11) is 0. The predicted octanol–water partition coefficient (Wildman–Crippen LogP) is 3.24. The first-order chi connectivity index (χ1) is 4.93. The minimum absolute atomic E-state index is 0.951. The Morgan fingerprint density at radius 3 is 3.00 bits per heavy atom. The van der Waals surface area contributed by atoms with Crippen LogP contribution in [0, 0.1) is 0 Å². The Bertz CT molecular complexity index is 92.9. The number of hydrogen-bond donors (Lipinski definition) is 0. The molecule has 1 saturated heterocycles. The molecule has 1 aliphatic heterocycles. The van der Waals surface area contributed by atoms with Crippen LogP contribution in [0.3, 0.4) is 0 Å². The lowest BCUT2D eigenvalue weighted by Crippen LogP contribution is -2.08. The summed E-state index contributed by atoms with van der Waals surface area (Å²) in [6.45, 7) is 3.74. The smallest absolute Gasteiger partial charge is 0.00500 e. The van der Waals surface area contributed by atoms with Gasteiger partial charge in [-0.25, -0.2) is 0 Å². The average molecular weight is 156 g/mol. The molecule has 1 atom stereocenters. The highest BCUT2D eigenvalue weighted by Crippen LogP contribution is 2.28. The first-order valence-corrected chi connectivity index (χ1v) is 5.21. The van der Waals surface area contributed by atoms with Gasteiger partial charge in [0.05, 0.1) is 0 Å². The summed E-state index contributed by atoms with van der Waals surface area (Å²) < 4.78 is 0. The van der Waals surface area contributed by atoms with Crippen molar-refractivity contribution in [1.29, 1.82) is 0 Å². The molecular weight excluding hydrogens is 140 g/mol. The van der Waals surface area contributed by atoms with Gasteiger partial charge >= 0.3 is 0 Å². The molecule has 0 aromatic rings. The van der Waals surface area contributed by atoms with E-state index in [0.717, 1.165) is 5.25 Å². The van der Waals surface area contributed by atoms with Crippen molar-refractivity contribution in [3.8, 4) is 0 Å². The van der Waals surface area contributed by atoms with Crippen molar-refractivity contribution in [1.82, 2.24) is 0 Å². The molecule has 1 heterocycles. The SMILES string of the molecule is C=CCCC1CCCCS1. The van der Waals surface area contributed by atoms with Crippen molar-refractivity contribution >= 4 is 11.8 Å². The Balaban J connectivity index is 2.07. The molecule has 1 heteroatoms. The Morgan fingerprint density at radius 1 is 1.50 bits per heavy atom. The van der Waals surface area contributed by atoms with Gasteiger partial charge in [0, 0.05) is 5.25 Å². The molecule has 0 N–H and O–H groups in total. The van der Waals surface area contributed by atoms with E-state index in [1.54, 1.807) is 0 Å². The highest BCUT2D eigenvalue weighted by atomic mass is 32.2. The molecule has 0 spiro atoms. The second-order valence-corrected chi connectivity index (χ2v) is 4.26. The third-order valence-corrected chi connectivity index (χ3v) is 3.43. The average Bonchev–Trinajstić information content (AvgIpc) is 2.03. The summed E-state index contributed by atoms with van der Waals surface area (Å²) in [5.74, 6) is 1.39. The fourth-order valence-electron chi connectivity index (χ4n) is 1.34. The fraction of sp³-hybridized carbons (Fsp3) is 0.778. The molecule has 1 rings (SSSR count). The standard InChI is InChI=1S/C9H16S/c1-2-3-6-9-7-4-5-8-10-9/h2,9H,1,3-8H2. The quantitative estimate of drug-likeness (QED) is 0.565. The van der Waals surface area contributed by atoms with Gasteiger partial charge in [-0.15, -0.1) is 6.58 Å². The molecule has 1 unspecified atom stereocenters. The van der Waals surface area contributed by atoms with Gasteiger partial charge in [0.1, 0.15) is 0 Å². The third kappa shape index (κ3) is 2.78. The molecule has 0 aromatic carbocycles. The van der Waals surface area contributed by atoms with Crippen LogP contribution in [-0.4, -0.2) is 11.0 Å². The Hall–Kier alpha value is 0.0900. The van der Waals surface area contributed by atoms with Crippen LogP contribution in [0.25, 0.3) is 0 Å². The van der Waals surface area contributed by atoms with Gasteiger partial charge in [-0.2, -0.15) is 11.8 Å². The highest BCUT2D eigenvalue weighted by molar-refractivity contribution is 7.99. The molecule has 58 valence electrons. The molecule has 0 bridgehead atoms. The first-order valence-electron chi connectivity index (χ1n) is 4.16. The van der Waals surface area contributed by atoms with Crippen molar-refractivity contribution in [2.75, 3.05) is 5.75 Å². The Morgan fingerprint density at radius 2 is 2.40 bits per heavy atom. The number of rotatable bonds is 3. The largest absolute Gasteiger partial charge is 0.159 e. The molecule has 0 saturated carbocycles. The van der Waals surface area contributed by atoms with Crippen LogP contribution in [0.1, 0.15) is 32.1 Å². The molecular formula is C9H16S. The summed E-state index contributed by atoms with van der Waals surface area (Å²) >= 11 is 2.16. The van der Waals surface area contributed by atoms with Gasteiger partial charge in [-0.05, 0) is 31.4 Å². The number of hydrogen-bond acceptors (Lipinski definition) is 1. The van der Waals surface area contributed by atoms with E-state index in [1.807, 2.05) is 6.08 Å². The van der Waals surface area contributed by atoms with Crippen LogP contribution in [-0.2, 0) is 0 Å². The van der Waals surface area contributed by atoms with E-state index in [2.05, 4.69) is 18.3 Å². The lowest BCUT2D eigenvalue weighted by Gasteiger charge is -2.20. The Labute approximate surface area is 68.1 Å². The second kappa shape index (κ2) is 4.84. The summed E-state index contributed by atoms with van der Waals surface area (Å²) in [4.78, 5) is 0. The van der Waals surface area contributed by atoms with E-state index >= 15 is 0 Å². The molecule has 0 radical (unpaired) electrons. The zero-order chi connectivity index (χ0) is 7.23. The molecule has 0 aliphatic carbocycles. The van der Waals surface area contributed by atoms with E-state index in [0.29, 0.717) is 0 Å². The molecule has 0 aromatic heterocycles. The number of thioether (sulfide) groups is 1. The van der Waals surface area contributed by atoms with Crippen LogP contribution in [0.15, 0.2) is 12.7 Å². The summed E-state index contributed by atoms with van der Waals surface area (Å²) in [6.07, 6.45) is 8.93. The number of allylic oxidation sites excluding steroid dienone is 1. The van der Waals surface area contributed by atoms with Gasteiger partial charge < -0.3 is 0 Å². The minimum Gasteiger partial charge on any atom is -0.159 e. The summed E-state index contributed by atoms with van der Waals surface area (Å²) in [5.41, 5.74) is 0. The van der Waals surface area contributed by atoms with Crippen LogP contribution in [0.2, 0.25) is 0 Å². The molecule has 0 nitrogen and oxygen atoms in total. The van der Waals surface area contributed by atoms with E-state index in [1.165, 1.54) is 37.9 Å². The molecule has 1 aliphatic rings. The minimum atomic E-state index is 0.951. The maximum Gasteiger partial charge on any atom is 0.00500 e. The maximum atomic E-state index is 3.74. The maximum absolute atomic E-state index is 3.74. The lowest BCUT2D eigenvalue weighted by molar-refractivity contribution is 0.634. The Kier molecular flexibility index (Phi) is 3.96. The summed E-state index contributed by atoms with van der Waals surface area (Å²) in [6, 6.07) is 0. The van der Waals surface area contributed by atoms with Gasteiger partial charge in [0.2, 0.25) is 0 Å². The molecule has 1 fully saturated rings. The van der Waals surface area contributed by atoms with E-state index < -0.39 is 0 Å². The van der Waals surface area contributed by atoms with Gasteiger partial charge in [-0.3, -0.25) is 0 Å². The highest BCUT2D eigenvalue weighted by Gasteiger charge is 2.11. The monoisotopic (exact) mass is 156 g/mol. The zero-order valence-electron chi connectivity index (χ0n) is 6.51. The van der Waals surface area contributed by atoms with Crippen molar-refractivity contribution in [2.45, 2.75) is 37.4 Å². The summed E-state index contributed by atoms with van der Waals surface area (Å²) in [5, 5.41) is 0.951. The zero-order valence-corrected chi connectivity index (χ0v) is 7.33. The van der Waals surface area contributed by atoms with Crippen molar-refractivity contribution in [2.24, 2.45) is 0 Å². The molecule has 10 heavy (non-hydrogen) atoms. The second-order valence-electron chi connectivity index (χ2n) is 2.85. The fourth-order valence-corrected chi connectivity index (χ4v) is 2.68. The van der Waals surface area contributed by atoms with Crippen molar-refractivity contribution in [3.63, 3.8) is 0 Å². The normalized spacial score (nSPS) is 26.2. The van der Waals surface area contributed by atoms with E-state index in [9.17, 15) is 0 Å². The van der Waals surface area contributed by atoms with E-state index in [4.69, 9.17) is 0 Å². The van der Waals surface area contributed by atoms with Gasteiger partial charge in [0.15, 0.2) is 0 Å².